The number of hydrogen-bond donors (Lipinski definition) is 6. The standard InChI is InChI=1S/C2H2O4.2H2O4S/c3-1(4)2(5)6;2*1-5(2,3)4/h(H,3,4)(H,5,6);2*(H2,1,2,3,4). The molecule has 0 unspecified atom stereocenters. The van der Waals surface area contributed by atoms with Crippen LogP contribution in [0.4, 0.5) is 0 Å². The highest BCUT2D eigenvalue weighted by molar-refractivity contribution is 7.80. The maximum atomic E-state index is 9.10. The first-order chi connectivity index (χ1) is 6.64. The number of carboxylic acids is 2. The Kier molecular flexibility index (Phi) is 9.95. The van der Waals surface area contributed by atoms with Crippen LogP contribution in [0.15, 0.2) is 0 Å². The Hall–Kier alpha value is -1.32. The second-order valence-corrected chi connectivity index (χ2v) is 3.30. The molecule has 0 aromatic rings. The lowest BCUT2D eigenvalue weighted by molar-refractivity contribution is -0.159. The highest BCUT2D eigenvalue weighted by Crippen LogP contribution is 1.59. The van der Waals surface area contributed by atoms with E-state index in [0.29, 0.717) is 0 Å². The molecular weight excluding hydrogens is 280 g/mol. The third kappa shape index (κ3) is 241. The molecule has 0 aromatic carbocycles. The predicted octanol–water partition coefficient (Wildman–Crippen LogP) is -2.15. The predicted molar refractivity (Wildman–Crippen MR) is 43.6 cm³/mol. The van der Waals surface area contributed by atoms with Crippen molar-refractivity contribution in [2.45, 2.75) is 0 Å². The topological polar surface area (TPSA) is 224 Å². The van der Waals surface area contributed by atoms with Gasteiger partial charge in [-0.1, -0.05) is 0 Å². The van der Waals surface area contributed by atoms with E-state index in [4.69, 9.17) is 54.8 Å². The highest BCUT2D eigenvalue weighted by atomic mass is 32.3. The van der Waals surface area contributed by atoms with Crippen molar-refractivity contribution in [2.75, 3.05) is 0 Å². The molecule has 6 N–H and O–H groups in total. The van der Waals surface area contributed by atoms with Crippen LogP contribution in [0.25, 0.3) is 0 Å². The van der Waals surface area contributed by atoms with E-state index in [1.807, 2.05) is 0 Å². The Labute approximate surface area is 88.3 Å². The van der Waals surface area contributed by atoms with E-state index in [9.17, 15) is 0 Å². The summed E-state index contributed by atoms with van der Waals surface area (Å²) in [5.41, 5.74) is 0. The molecule has 0 aliphatic heterocycles. The van der Waals surface area contributed by atoms with Crippen LogP contribution in [0.2, 0.25) is 0 Å². The molecule has 0 atom stereocenters. The quantitative estimate of drug-likeness (QED) is 0.207. The monoisotopic (exact) mass is 286 g/mol. The Morgan fingerprint density at radius 2 is 0.688 bits per heavy atom. The number of rotatable bonds is 0. The molecule has 0 radical (unpaired) electrons. The summed E-state index contributed by atoms with van der Waals surface area (Å²) in [5, 5.41) is 14.8. The van der Waals surface area contributed by atoms with Gasteiger partial charge in [-0.3, -0.25) is 18.2 Å². The molecule has 0 aromatic heterocycles. The van der Waals surface area contributed by atoms with Gasteiger partial charge in [0.05, 0.1) is 0 Å². The van der Waals surface area contributed by atoms with Crippen molar-refractivity contribution in [1.82, 2.24) is 0 Å². The average molecular weight is 286 g/mol. The highest BCUT2D eigenvalue weighted by Gasteiger charge is 2.04. The van der Waals surface area contributed by atoms with Crippen LogP contribution in [0.5, 0.6) is 0 Å². The fourth-order valence-corrected chi connectivity index (χ4v) is 0. The molecule has 0 heterocycles. The lowest BCUT2D eigenvalue weighted by Crippen LogP contribution is -2.09. The van der Waals surface area contributed by atoms with Crippen molar-refractivity contribution in [2.24, 2.45) is 0 Å². The van der Waals surface area contributed by atoms with Gasteiger partial charge in [-0.15, -0.1) is 0 Å². The summed E-state index contributed by atoms with van der Waals surface area (Å²) in [6.07, 6.45) is 0. The van der Waals surface area contributed by atoms with Gasteiger partial charge in [-0.2, -0.15) is 16.8 Å². The van der Waals surface area contributed by atoms with Gasteiger partial charge < -0.3 is 10.2 Å². The lowest BCUT2D eigenvalue weighted by Gasteiger charge is -1.72. The van der Waals surface area contributed by atoms with Crippen molar-refractivity contribution < 1.29 is 54.8 Å². The average Bonchev–Trinajstić information content (AvgIpc) is 1.77. The fourth-order valence-electron chi connectivity index (χ4n) is 0. The molecule has 0 saturated heterocycles. The summed E-state index contributed by atoms with van der Waals surface area (Å²) in [5.74, 6) is -3.65. The summed E-state index contributed by atoms with van der Waals surface area (Å²) >= 11 is 0. The molecule has 0 saturated carbocycles. The molecule has 12 nitrogen and oxygen atoms in total. The smallest absolute Gasteiger partial charge is 0.414 e. The van der Waals surface area contributed by atoms with E-state index in [1.165, 1.54) is 0 Å². The second-order valence-electron chi connectivity index (χ2n) is 1.51. The van der Waals surface area contributed by atoms with Gasteiger partial charge in [-0.05, 0) is 0 Å². The Morgan fingerprint density at radius 1 is 0.625 bits per heavy atom. The minimum atomic E-state index is -4.67. The van der Waals surface area contributed by atoms with E-state index in [0.717, 1.165) is 0 Å². The molecule has 0 fully saturated rings. The second kappa shape index (κ2) is 7.91. The van der Waals surface area contributed by atoms with Gasteiger partial charge in [0.15, 0.2) is 0 Å². The van der Waals surface area contributed by atoms with Gasteiger partial charge in [0.25, 0.3) is 0 Å². The number of aliphatic carboxylic acids is 2. The Bertz CT molecular complexity index is 352. The van der Waals surface area contributed by atoms with Crippen molar-refractivity contribution in [1.29, 1.82) is 0 Å². The van der Waals surface area contributed by atoms with Crippen LogP contribution in [0, 0.1) is 0 Å². The fraction of sp³-hybridized carbons (Fsp3) is 0. The molecule has 14 heteroatoms. The van der Waals surface area contributed by atoms with Gasteiger partial charge >= 0.3 is 32.7 Å². The zero-order valence-electron chi connectivity index (χ0n) is 6.95. The summed E-state index contributed by atoms with van der Waals surface area (Å²) in [4.78, 5) is 18.2. The minimum Gasteiger partial charge on any atom is -0.473 e. The minimum absolute atomic E-state index is 1.82. The van der Waals surface area contributed by atoms with Gasteiger partial charge in [-0.25, -0.2) is 9.59 Å². The SMILES string of the molecule is O=C(O)C(=O)O.O=S(=O)(O)O.O=S(=O)(O)O. The van der Waals surface area contributed by atoms with E-state index in [1.54, 1.807) is 0 Å². The van der Waals surface area contributed by atoms with E-state index >= 15 is 0 Å². The largest absolute Gasteiger partial charge is 0.473 e. The lowest BCUT2D eigenvalue weighted by atomic mass is 10.7. The van der Waals surface area contributed by atoms with Gasteiger partial charge in [0, 0.05) is 0 Å². The van der Waals surface area contributed by atoms with Crippen LogP contribution in [0.1, 0.15) is 0 Å². The number of hydrogen-bond acceptors (Lipinski definition) is 6. The first kappa shape index (κ1) is 20.1. The van der Waals surface area contributed by atoms with Crippen LogP contribution in [0.3, 0.4) is 0 Å². The summed E-state index contributed by atoms with van der Waals surface area (Å²) in [6.45, 7) is 0. The third-order valence-electron chi connectivity index (χ3n) is 0.183. The van der Waals surface area contributed by atoms with E-state index in [-0.39, 0.29) is 0 Å². The molecule has 16 heavy (non-hydrogen) atoms. The molecule has 0 aliphatic carbocycles. The number of carbonyl (C=O) groups is 2. The zero-order chi connectivity index (χ0) is 14.2. The molecule has 0 rings (SSSR count). The Morgan fingerprint density at radius 3 is 0.688 bits per heavy atom. The zero-order valence-corrected chi connectivity index (χ0v) is 8.58. The van der Waals surface area contributed by atoms with Crippen molar-refractivity contribution in [3.63, 3.8) is 0 Å². The van der Waals surface area contributed by atoms with Crippen LogP contribution in [-0.4, -0.2) is 57.2 Å². The van der Waals surface area contributed by atoms with Crippen molar-refractivity contribution in [3.8, 4) is 0 Å². The van der Waals surface area contributed by atoms with Crippen LogP contribution >= 0.6 is 0 Å². The van der Waals surface area contributed by atoms with Gasteiger partial charge in [0.2, 0.25) is 0 Å². The van der Waals surface area contributed by atoms with Crippen LogP contribution < -0.4 is 0 Å². The van der Waals surface area contributed by atoms with Crippen molar-refractivity contribution >= 4 is 32.7 Å². The third-order valence-corrected chi connectivity index (χ3v) is 0.183. The van der Waals surface area contributed by atoms with E-state index < -0.39 is 32.7 Å². The molecule has 0 amide bonds. The first-order valence-corrected chi connectivity index (χ1v) is 5.30. The first-order valence-electron chi connectivity index (χ1n) is 2.50. The molecule has 0 bridgehead atoms. The summed E-state index contributed by atoms with van der Waals surface area (Å²) in [7, 11) is -9.33. The molecule has 0 spiro atoms. The maximum absolute atomic E-state index is 9.10. The summed E-state index contributed by atoms with van der Waals surface area (Å²) in [6, 6.07) is 0. The molecular formula is C2H6O12S2. The molecule has 0 aliphatic rings. The van der Waals surface area contributed by atoms with Crippen molar-refractivity contribution in [3.05, 3.63) is 0 Å². The normalized spacial score (nSPS) is 10.0. The van der Waals surface area contributed by atoms with Gasteiger partial charge in [0.1, 0.15) is 0 Å². The molecule has 98 valence electrons. The van der Waals surface area contributed by atoms with E-state index in [2.05, 4.69) is 0 Å². The van der Waals surface area contributed by atoms with Crippen LogP contribution in [-0.2, 0) is 30.4 Å². The summed E-state index contributed by atoms with van der Waals surface area (Å²) < 4.78 is 63.2. The Balaban J connectivity index is -0.000000160. The number of carboxylic acid groups (broad SMARTS) is 2. The maximum Gasteiger partial charge on any atom is 0.414 e.